The highest BCUT2D eigenvalue weighted by Crippen LogP contribution is 2.23. The third-order valence-corrected chi connectivity index (χ3v) is 5.51. The quantitative estimate of drug-likeness (QED) is 0.470. The van der Waals surface area contributed by atoms with Crippen LogP contribution in [0.15, 0.2) is 30.5 Å². The molecule has 2 aliphatic heterocycles. The summed E-state index contributed by atoms with van der Waals surface area (Å²) in [4.78, 5) is 28.7. The molecular formula is C22H29N5O6. The van der Waals surface area contributed by atoms with Crippen LogP contribution >= 0.6 is 0 Å². The van der Waals surface area contributed by atoms with Crippen LogP contribution in [0.4, 0.5) is 5.82 Å². The number of nitro groups is 1. The van der Waals surface area contributed by atoms with Gasteiger partial charge in [-0.05, 0) is 55.9 Å². The van der Waals surface area contributed by atoms with Gasteiger partial charge in [0.15, 0.2) is 0 Å². The normalized spacial score (nSPS) is 18.9. The molecule has 1 N–H and O–H groups in total. The Bertz CT molecular complexity index is 968. The second-order valence-electron chi connectivity index (χ2n) is 8.60. The molecule has 4 rings (SSSR count). The van der Waals surface area contributed by atoms with Crippen LogP contribution in [0.2, 0.25) is 0 Å². The van der Waals surface area contributed by atoms with Crippen molar-refractivity contribution in [3.63, 3.8) is 0 Å². The summed E-state index contributed by atoms with van der Waals surface area (Å²) in [6, 6.07) is 7.61. The summed E-state index contributed by atoms with van der Waals surface area (Å²) in [6.07, 6.45) is 3.25. The maximum atomic E-state index is 12.5. The Morgan fingerprint density at radius 1 is 1.27 bits per heavy atom. The van der Waals surface area contributed by atoms with E-state index in [-0.39, 0.29) is 42.6 Å². The number of benzene rings is 1. The molecule has 0 aliphatic carbocycles. The maximum absolute atomic E-state index is 12.5. The van der Waals surface area contributed by atoms with E-state index in [0.29, 0.717) is 13.1 Å². The van der Waals surface area contributed by atoms with E-state index < -0.39 is 4.92 Å². The molecule has 0 saturated carbocycles. The summed E-state index contributed by atoms with van der Waals surface area (Å²) in [5.41, 5.74) is 0. The van der Waals surface area contributed by atoms with Crippen molar-refractivity contribution >= 4 is 11.7 Å². The first kappa shape index (κ1) is 22.8. The van der Waals surface area contributed by atoms with Crippen molar-refractivity contribution in [3.8, 4) is 17.5 Å². The monoisotopic (exact) mass is 459 g/mol. The molecule has 2 aromatic rings. The first-order chi connectivity index (χ1) is 15.9. The van der Waals surface area contributed by atoms with Crippen LogP contribution < -0.4 is 19.5 Å². The van der Waals surface area contributed by atoms with Gasteiger partial charge in [0, 0.05) is 18.1 Å². The van der Waals surface area contributed by atoms with Gasteiger partial charge >= 0.3 is 11.8 Å². The van der Waals surface area contributed by atoms with Crippen molar-refractivity contribution < 1.29 is 23.9 Å². The number of hydrogen-bond acceptors (Lipinski definition) is 8. The minimum atomic E-state index is -0.564. The molecule has 178 valence electrons. The SMILES string of the molecule is CC(C)Oc1ccc(OC2CCN(CC(=O)N[C@@H]3COc4nc([N+](=O)[O-])cn4C3)CC2)cc1. The van der Waals surface area contributed by atoms with Gasteiger partial charge in [0.1, 0.15) is 30.4 Å². The summed E-state index contributed by atoms with van der Waals surface area (Å²) in [7, 11) is 0. The highest BCUT2D eigenvalue weighted by Gasteiger charge is 2.29. The number of fused-ring (bicyclic) bond motifs is 1. The van der Waals surface area contributed by atoms with Gasteiger partial charge in [-0.25, -0.2) is 0 Å². The topological polar surface area (TPSA) is 121 Å². The molecule has 1 amide bonds. The van der Waals surface area contributed by atoms with Crippen LogP contribution in [0.5, 0.6) is 17.5 Å². The molecule has 11 nitrogen and oxygen atoms in total. The van der Waals surface area contributed by atoms with E-state index in [9.17, 15) is 14.9 Å². The van der Waals surface area contributed by atoms with Crippen molar-refractivity contribution in [1.82, 2.24) is 19.8 Å². The Kier molecular flexibility index (Phi) is 6.97. The fraction of sp³-hybridized carbons (Fsp3) is 0.545. The predicted octanol–water partition coefficient (Wildman–Crippen LogP) is 2.00. The number of piperidine rings is 1. The minimum absolute atomic E-state index is 0.0956. The average molecular weight is 460 g/mol. The lowest BCUT2D eigenvalue weighted by Crippen LogP contribution is -2.49. The van der Waals surface area contributed by atoms with Crippen LogP contribution in [0.1, 0.15) is 26.7 Å². The molecule has 1 aromatic heterocycles. The van der Waals surface area contributed by atoms with Gasteiger partial charge in [0.05, 0.1) is 25.2 Å². The summed E-state index contributed by atoms with van der Waals surface area (Å²) >= 11 is 0. The number of nitrogens with one attached hydrogen (secondary N) is 1. The molecule has 0 spiro atoms. The molecule has 33 heavy (non-hydrogen) atoms. The molecule has 11 heteroatoms. The highest BCUT2D eigenvalue weighted by molar-refractivity contribution is 5.78. The summed E-state index contributed by atoms with van der Waals surface area (Å²) in [5.74, 6) is 1.28. The number of rotatable bonds is 8. The van der Waals surface area contributed by atoms with Crippen molar-refractivity contribution in [2.45, 2.75) is 51.5 Å². The summed E-state index contributed by atoms with van der Waals surface area (Å²) < 4.78 is 18.7. The molecule has 1 aromatic carbocycles. The third kappa shape index (κ3) is 6.13. The van der Waals surface area contributed by atoms with Gasteiger partial charge in [-0.15, -0.1) is 0 Å². The van der Waals surface area contributed by atoms with Crippen LogP contribution in [-0.2, 0) is 11.3 Å². The fourth-order valence-corrected chi connectivity index (χ4v) is 4.00. The standard InChI is InChI=1S/C22H29N5O6/c1-15(2)32-17-3-5-18(6-4-17)33-19-7-9-25(10-8-19)13-21(28)23-16-11-26-12-20(27(29)30)24-22(26)31-14-16/h3-6,12,15-16,19H,7-11,13-14H2,1-2H3,(H,23,28)/t16-/m0/s1. The smallest absolute Gasteiger partial charge is 0.414 e. The van der Waals surface area contributed by atoms with E-state index >= 15 is 0 Å². The molecule has 1 atom stereocenters. The van der Waals surface area contributed by atoms with Gasteiger partial charge in [-0.1, -0.05) is 0 Å². The molecule has 2 aliphatic rings. The second kappa shape index (κ2) is 10.1. The number of nitrogens with zero attached hydrogens (tertiary/aromatic N) is 4. The van der Waals surface area contributed by atoms with E-state index in [0.717, 1.165) is 37.4 Å². The number of ether oxygens (including phenoxy) is 3. The lowest BCUT2D eigenvalue weighted by atomic mass is 10.1. The van der Waals surface area contributed by atoms with Gasteiger partial charge in [0.2, 0.25) is 5.91 Å². The molecule has 3 heterocycles. The van der Waals surface area contributed by atoms with Gasteiger partial charge in [0.25, 0.3) is 0 Å². The fourth-order valence-electron chi connectivity index (χ4n) is 4.00. The molecule has 0 bridgehead atoms. The lowest BCUT2D eigenvalue weighted by Gasteiger charge is -2.32. The first-order valence-electron chi connectivity index (χ1n) is 11.1. The number of amides is 1. The zero-order valence-corrected chi connectivity index (χ0v) is 18.8. The molecule has 1 fully saturated rings. The van der Waals surface area contributed by atoms with Crippen LogP contribution in [0, 0.1) is 10.1 Å². The lowest BCUT2D eigenvalue weighted by molar-refractivity contribution is -0.389. The summed E-state index contributed by atoms with van der Waals surface area (Å²) in [6.45, 7) is 6.43. The van der Waals surface area contributed by atoms with Crippen LogP contribution in [0.25, 0.3) is 0 Å². The molecular weight excluding hydrogens is 430 g/mol. The Labute approximate surface area is 191 Å². The van der Waals surface area contributed by atoms with E-state index in [1.165, 1.54) is 6.20 Å². The average Bonchev–Trinajstić information content (AvgIpc) is 3.20. The number of carbonyl (C=O) groups is 1. The Morgan fingerprint density at radius 3 is 2.64 bits per heavy atom. The van der Waals surface area contributed by atoms with E-state index in [1.54, 1.807) is 4.57 Å². The van der Waals surface area contributed by atoms with Crippen LogP contribution in [0.3, 0.4) is 0 Å². The second-order valence-corrected chi connectivity index (χ2v) is 8.60. The van der Waals surface area contributed by atoms with E-state index in [2.05, 4.69) is 15.2 Å². The highest BCUT2D eigenvalue weighted by atomic mass is 16.6. The number of aromatic nitrogens is 2. The third-order valence-electron chi connectivity index (χ3n) is 5.51. The Balaban J connectivity index is 1.18. The number of carbonyl (C=O) groups excluding carboxylic acids is 1. The molecule has 0 radical (unpaired) electrons. The van der Waals surface area contributed by atoms with Crippen molar-refractivity contribution in [1.29, 1.82) is 0 Å². The molecule has 1 saturated heterocycles. The Morgan fingerprint density at radius 2 is 1.97 bits per heavy atom. The molecule has 0 unspecified atom stereocenters. The zero-order chi connectivity index (χ0) is 23.4. The Hall–Kier alpha value is -3.34. The number of imidazole rings is 1. The predicted molar refractivity (Wildman–Crippen MR) is 119 cm³/mol. The van der Waals surface area contributed by atoms with E-state index in [4.69, 9.17) is 14.2 Å². The van der Waals surface area contributed by atoms with E-state index in [1.807, 2.05) is 38.1 Å². The maximum Gasteiger partial charge on any atom is 0.414 e. The number of likely N-dealkylation sites (tertiary alicyclic amines) is 1. The zero-order valence-electron chi connectivity index (χ0n) is 18.8. The van der Waals surface area contributed by atoms with Crippen molar-refractivity contribution in [2.24, 2.45) is 0 Å². The first-order valence-corrected chi connectivity index (χ1v) is 11.1. The summed E-state index contributed by atoms with van der Waals surface area (Å²) in [5, 5.41) is 13.8. The largest absolute Gasteiger partial charge is 0.491 e. The number of hydrogen-bond donors (Lipinski definition) is 1. The van der Waals surface area contributed by atoms with Gasteiger partial charge in [-0.2, -0.15) is 0 Å². The van der Waals surface area contributed by atoms with Crippen LogP contribution in [-0.4, -0.2) is 69.8 Å². The minimum Gasteiger partial charge on any atom is -0.491 e. The van der Waals surface area contributed by atoms with Gasteiger partial charge < -0.3 is 29.6 Å². The van der Waals surface area contributed by atoms with Crippen molar-refractivity contribution in [2.75, 3.05) is 26.2 Å². The van der Waals surface area contributed by atoms with Crippen molar-refractivity contribution in [3.05, 3.63) is 40.6 Å². The van der Waals surface area contributed by atoms with Gasteiger partial charge in [-0.3, -0.25) is 14.3 Å².